The summed E-state index contributed by atoms with van der Waals surface area (Å²) in [5.74, 6) is -0.127. The van der Waals surface area contributed by atoms with Crippen LogP contribution in [0.2, 0.25) is 0 Å². The molecule has 1 aliphatic rings. The minimum Gasteiger partial charge on any atom is -0.338 e. The van der Waals surface area contributed by atoms with E-state index in [1.54, 1.807) is 54.7 Å². The Morgan fingerprint density at radius 3 is 2.62 bits per heavy atom. The maximum atomic E-state index is 12.4. The fourth-order valence-corrected chi connectivity index (χ4v) is 4.20. The zero-order chi connectivity index (χ0) is 17.2. The highest BCUT2D eigenvalue weighted by Gasteiger charge is 2.39. The van der Waals surface area contributed by atoms with Crippen molar-refractivity contribution < 1.29 is 13.2 Å². The first-order valence-corrected chi connectivity index (χ1v) is 9.17. The van der Waals surface area contributed by atoms with Crippen LogP contribution in [0, 0.1) is 5.92 Å². The van der Waals surface area contributed by atoms with Crippen LogP contribution in [0.1, 0.15) is 18.0 Å². The average molecular weight is 345 g/mol. The lowest BCUT2D eigenvalue weighted by atomic mass is 9.95. The molecule has 0 aliphatic carbocycles. The minimum atomic E-state index is -3.58. The normalized spacial score (nSPS) is 21.2. The molecule has 0 bridgehead atoms. The molecule has 1 saturated heterocycles. The van der Waals surface area contributed by atoms with Crippen LogP contribution in [0.15, 0.2) is 59.8 Å². The van der Waals surface area contributed by atoms with E-state index in [1.807, 2.05) is 12.1 Å². The van der Waals surface area contributed by atoms with Crippen LogP contribution in [-0.4, -0.2) is 37.8 Å². The Bertz CT molecular complexity index is 809. The highest BCUT2D eigenvalue weighted by Crippen LogP contribution is 2.36. The van der Waals surface area contributed by atoms with Gasteiger partial charge >= 0.3 is 0 Å². The topological polar surface area (TPSA) is 79.4 Å². The largest absolute Gasteiger partial charge is 0.338 e. The zero-order valence-corrected chi connectivity index (χ0v) is 14.1. The first-order valence-electron chi connectivity index (χ1n) is 7.69. The summed E-state index contributed by atoms with van der Waals surface area (Å²) in [5, 5.41) is 0. The van der Waals surface area contributed by atoms with Gasteiger partial charge in [0.2, 0.25) is 15.9 Å². The number of carbonyl (C=O) groups is 1. The lowest BCUT2D eigenvalue weighted by Gasteiger charge is -2.25. The van der Waals surface area contributed by atoms with E-state index in [9.17, 15) is 13.2 Å². The Morgan fingerprint density at radius 2 is 1.96 bits per heavy atom. The number of pyridine rings is 1. The number of likely N-dealkylation sites (tertiary alicyclic amines) is 1. The number of nitrogens with zero attached hydrogens (tertiary/aromatic N) is 2. The van der Waals surface area contributed by atoms with E-state index in [0.717, 1.165) is 5.56 Å². The van der Waals surface area contributed by atoms with Crippen molar-refractivity contribution in [2.24, 2.45) is 5.92 Å². The Labute approximate surface area is 141 Å². The Kier molecular flexibility index (Phi) is 4.64. The molecule has 1 aromatic heterocycles. The summed E-state index contributed by atoms with van der Waals surface area (Å²) in [5.41, 5.74) is 0.912. The number of hydrogen-bond acceptors (Lipinski definition) is 4. The molecule has 1 aromatic carbocycles. The van der Waals surface area contributed by atoms with Crippen LogP contribution in [-0.2, 0) is 14.8 Å². The molecule has 2 heterocycles. The molecule has 126 valence electrons. The molecule has 2 aromatic rings. The molecule has 3 rings (SSSR count). The second-order valence-electron chi connectivity index (χ2n) is 5.86. The number of aromatic nitrogens is 1. The van der Waals surface area contributed by atoms with Crippen molar-refractivity contribution >= 4 is 15.9 Å². The molecule has 24 heavy (non-hydrogen) atoms. The highest BCUT2D eigenvalue weighted by atomic mass is 32.2. The Morgan fingerprint density at radius 1 is 1.21 bits per heavy atom. The monoisotopic (exact) mass is 345 g/mol. The van der Waals surface area contributed by atoms with E-state index >= 15 is 0 Å². The first-order chi connectivity index (χ1) is 11.5. The number of benzene rings is 1. The van der Waals surface area contributed by atoms with Crippen molar-refractivity contribution in [3.05, 3.63) is 60.4 Å². The van der Waals surface area contributed by atoms with Crippen molar-refractivity contribution in [2.45, 2.75) is 17.4 Å². The molecule has 1 fully saturated rings. The lowest BCUT2D eigenvalue weighted by molar-refractivity contribution is -0.127. The van der Waals surface area contributed by atoms with Gasteiger partial charge in [0.05, 0.1) is 10.9 Å². The van der Waals surface area contributed by atoms with Crippen LogP contribution in [0.4, 0.5) is 0 Å². The van der Waals surface area contributed by atoms with Gasteiger partial charge in [-0.15, -0.1) is 0 Å². The van der Waals surface area contributed by atoms with Gasteiger partial charge in [-0.25, -0.2) is 13.1 Å². The third kappa shape index (κ3) is 3.32. The molecule has 1 aliphatic heterocycles. The van der Waals surface area contributed by atoms with E-state index in [0.29, 0.717) is 6.42 Å². The van der Waals surface area contributed by atoms with Crippen LogP contribution in [0.5, 0.6) is 0 Å². The summed E-state index contributed by atoms with van der Waals surface area (Å²) < 4.78 is 27.4. The maximum Gasteiger partial charge on any atom is 0.240 e. The van der Waals surface area contributed by atoms with Gasteiger partial charge in [-0.05, 0) is 23.8 Å². The van der Waals surface area contributed by atoms with E-state index in [1.165, 1.54) is 0 Å². The quantitative estimate of drug-likeness (QED) is 0.892. The highest BCUT2D eigenvalue weighted by molar-refractivity contribution is 7.89. The molecule has 1 amide bonds. The number of amides is 1. The van der Waals surface area contributed by atoms with Crippen molar-refractivity contribution in [2.75, 3.05) is 13.6 Å². The molecule has 2 atom stereocenters. The predicted molar refractivity (Wildman–Crippen MR) is 89.5 cm³/mol. The molecule has 0 radical (unpaired) electrons. The maximum absolute atomic E-state index is 12.4. The van der Waals surface area contributed by atoms with Crippen molar-refractivity contribution in [1.29, 1.82) is 0 Å². The molecule has 7 heteroatoms. The van der Waals surface area contributed by atoms with E-state index in [2.05, 4.69) is 9.71 Å². The van der Waals surface area contributed by atoms with Crippen LogP contribution < -0.4 is 4.72 Å². The minimum absolute atomic E-state index is 0.00719. The third-order valence-corrected chi connectivity index (χ3v) is 5.75. The van der Waals surface area contributed by atoms with Gasteiger partial charge in [0.25, 0.3) is 0 Å². The van der Waals surface area contributed by atoms with E-state index in [-0.39, 0.29) is 29.3 Å². The second-order valence-corrected chi connectivity index (χ2v) is 7.63. The molecule has 0 unspecified atom stereocenters. The van der Waals surface area contributed by atoms with Gasteiger partial charge in [0.1, 0.15) is 0 Å². The van der Waals surface area contributed by atoms with Gasteiger partial charge in [-0.3, -0.25) is 9.78 Å². The smallest absolute Gasteiger partial charge is 0.240 e. The zero-order valence-electron chi connectivity index (χ0n) is 13.3. The summed E-state index contributed by atoms with van der Waals surface area (Å²) in [6, 6.07) is 11.8. The number of rotatable bonds is 5. The summed E-state index contributed by atoms with van der Waals surface area (Å²) in [4.78, 5) is 18.1. The standard InChI is InChI=1S/C17H19N3O3S/c1-20-16(21)10-14(17(20)13-6-5-9-18-11-13)12-19-24(22,23)15-7-3-2-4-8-15/h2-9,11,14,17,19H,10,12H2,1H3/t14-,17-/m0/s1. The van der Waals surface area contributed by atoms with Gasteiger partial charge in [-0.2, -0.15) is 0 Å². The summed E-state index contributed by atoms with van der Waals surface area (Å²) in [7, 11) is -1.84. The number of hydrogen-bond donors (Lipinski definition) is 1. The van der Waals surface area contributed by atoms with Gasteiger partial charge < -0.3 is 4.90 Å². The summed E-state index contributed by atoms with van der Waals surface area (Å²) >= 11 is 0. The fraction of sp³-hybridized carbons (Fsp3) is 0.294. The molecule has 0 saturated carbocycles. The average Bonchev–Trinajstić information content (AvgIpc) is 2.89. The van der Waals surface area contributed by atoms with Crippen LogP contribution >= 0.6 is 0 Å². The molecular weight excluding hydrogens is 326 g/mol. The predicted octanol–water partition coefficient (Wildman–Crippen LogP) is 1.58. The molecular formula is C17H19N3O3S. The lowest BCUT2D eigenvalue weighted by Crippen LogP contribution is -2.32. The second kappa shape index (κ2) is 6.70. The molecule has 6 nitrogen and oxygen atoms in total. The van der Waals surface area contributed by atoms with Crippen molar-refractivity contribution in [3.8, 4) is 0 Å². The first kappa shape index (κ1) is 16.6. The number of nitrogens with one attached hydrogen (secondary N) is 1. The van der Waals surface area contributed by atoms with Crippen molar-refractivity contribution in [3.63, 3.8) is 0 Å². The van der Waals surface area contributed by atoms with E-state index in [4.69, 9.17) is 0 Å². The Balaban J connectivity index is 1.77. The third-order valence-electron chi connectivity index (χ3n) is 4.31. The summed E-state index contributed by atoms with van der Waals surface area (Å²) in [6.07, 6.45) is 3.71. The van der Waals surface area contributed by atoms with Crippen molar-refractivity contribution in [1.82, 2.24) is 14.6 Å². The van der Waals surface area contributed by atoms with Gasteiger partial charge in [0.15, 0.2) is 0 Å². The van der Waals surface area contributed by atoms with E-state index < -0.39 is 10.0 Å². The summed E-state index contributed by atoms with van der Waals surface area (Å²) in [6.45, 7) is 0.201. The Hall–Kier alpha value is -2.25. The van der Waals surface area contributed by atoms with Gasteiger partial charge in [0, 0.05) is 38.3 Å². The van der Waals surface area contributed by atoms with Gasteiger partial charge in [-0.1, -0.05) is 24.3 Å². The number of carbonyl (C=O) groups excluding carboxylic acids is 1. The van der Waals surface area contributed by atoms with Crippen LogP contribution in [0.3, 0.4) is 0 Å². The molecule has 0 spiro atoms. The van der Waals surface area contributed by atoms with Crippen LogP contribution in [0.25, 0.3) is 0 Å². The number of sulfonamides is 1. The molecule has 1 N–H and O–H groups in total. The SMILES string of the molecule is CN1C(=O)C[C@@H](CNS(=O)(=O)c2ccccc2)[C@@H]1c1cccnc1. The fourth-order valence-electron chi connectivity index (χ4n) is 3.08.